The Labute approximate surface area is 115 Å². The van der Waals surface area contributed by atoms with Crippen molar-refractivity contribution in [2.24, 2.45) is 0 Å². The average molecular weight is 268 g/mol. The minimum Gasteiger partial charge on any atom is -0.437 e. The summed E-state index contributed by atoms with van der Waals surface area (Å²) in [5, 5.41) is 0.887. The maximum Gasteiger partial charge on any atom is 0.516 e. The highest BCUT2D eigenvalue weighted by Gasteiger charge is 2.19. The van der Waals surface area contributed by atoms with Gasteiger partial charge in [0, 0.05) is 5.39 Å². The first kappa shape index (κ1) is 12.3. The van der Waals surface area contributed by atoms with E-state index in [1.165, 1.54) is 7.11 Å². The SMILES string of the molecule is COC(=O)Oc1oc2ccccc2c1-c1ccccc1. The number of furan rings is 1. The molecule has 100 valence electrons. The van der Waals surface area contributed by atoms with Crippen molar-refractivity contribution in [1.82, 2.24) is 0 Å². The van der Waals surface area contributed by atoms with Crippen molar-refractivity contribution in [2.75, 3.05) is 7.11 Å². The molecule has 20 heavy (non-hydrogen) atoms. The van der Waals surface area contributed by atoms with Gasteiger partial charge in [0.25, 0.3) is 0 Å². The summed E-state index contributed by atoms with van der Waals surface area (Å²) in [6.07, 6.45) is -0.804. The minimum absolute atomic E-state index is 0.143. The van der Waals surface area contributed by atoms with Gasteiger partial charge >= 0.3 is 12.1 Å². The summed E-state index contributed by atoms with van der Waals surface area (Å²) in [6.45, 7) is 0. The molecule has 0 N–H and O–H groups in total. The standard InChI is InChI=1S/C16H12O4/c1-18-16(17)20-15-14(11-7-3-2-4-8-11)12-9-5-6-10-13(12)19-15/h2-10H,1H3. The van der Waals surface area contributed by atoms with Gasteiger partial charge in [-0.2, -0.15) is 0 Å². The number of carbonyl (C=O) groups is 1. The summed E-state index contributed by atoms with van der Waals surface area (Å²) in [4.78, 5) is 11.3. The molecule has 0 aliphatic heterocycles. The first-order valence-corrected chi connectivity index (χ1v) is 6.12. The summed E-state index contributed by atoms with van der Waals surface area (Å²) < 4.78 is 15.2. The third-order valence-corrected chi connectivity index (χ3v) is 2.97. The fraction of sp³-hybridized carbons (Fsp3) is 0.0625. The summed E-state index contributed by atoms with van der Waals surface area (Å²) in [5.41, 5.74) is 2.31. The zero-order valence-corrected chi connectivity index (χ0v) is 10.8. The molecule has 3 aromatic rings. The summed E-state index contributed by atoms with van der Waals surface area (Å²) in [7, 11) is 1.26. The molecule has 0 unspecified atom stereocenters. The van der Waals surface area contributed by atoms with Crippen LogP contribution in [0.3, 0.4) is 0 Å². The molecule has 0 aliphatic carbocycles. The van der Waals surface area contributed by atoms with Crippen LogP contribution in [0.2, 0.25) is 0 Å². The van der Waals surface area contributed by atoms with Gasteiger partial charge in [-0.25, -0.2) is 4.79 Å². The number of hydrogen-bond acceptors (Lipinski definition) is 4. The Morgan fingerprint density at radius 3 is 2.45 bits per heavy atom. The molecule has 2 aromatic carbocycles. The predicted molar refractivity (Wildman–Crippen MR) is 74.7 cm³/mol. The Balaban J connectivity index is 2.21. The van der Waals surface area contributed by atoms with Gasteiger partial charge in [0.05, 0.1) is 12.7 Å². The Hall–Kier alpha value is -2.75. The second kappa shape index (κ2) is 5.09. The number of hydrogen-bond donors (Lipinski definition) is 0. The van der Waals surface area contributed by atoms with Crippen LogP contribution >= 0.6 is 0 Å². The van der Waals surface area contributed by atoms with Gasteiger partial charge in [0.2, 0.25) is 0 Å². The summed E-state index contributed by atoms with van der Waals surface area (Å²) >= 11 is 0. The van der Waals surface area contributed by atoms with Gasteiger partial charge in [-0.05, 0) is 11.6 Å². The Morgan fingerprint density at radius 1 is 1.00 bits per heavy atom. The van der Waals surface area contributed by atoms with Crippen LogP contribution in [0.4, 0.5) is 4.79 Å². The molecule has 0 saturated carbocycles. The van der Waals surface area contributed by atoms with Crippen LogP contribution in [0.1, 0.15) is 0 Å². The monoisotopic (exact) mass is 268 g/mol. The summed E-state index contributed by atoms with van der Waals surface area (Å²) in [6, 6.07) is 17.1. The topological polar surface area (TPSA) is 48.7 Å². The van der Waals surface area contributed by atoms with E-state index in [4.69, 9.17) is 9.15 Å². The fourth-order valence-electron chi connectivity index (χ4n) is 2.09. The number of rotatable bonds is 2. The third-order valence-electron chi connectivity index (χ3n) is 2.97. The molecule has 0 spiro atoms. The summed E-state index contributed by atoms with van der Waals surface area (Å²) in [5.74, 6) is 0.143. The van der Waals surface area contributed by atoms with Crippen molar-refractivity contribution in [2.45, 2.75) is 0 Å². The minimum atomic E-state index is -0.804. The first-order chi connectivity index (χ1) is 9.79. The van der Waals surface area contributed by atoms with Crippen molar-refractivity contribution in [3.63, 3.8) is 0 Å². The second-order valence-electron chi connectivity index (χ2n) is 4.18. The quantitative estimate of drug-likeness (QED) is 0.652. The number of para-hydroxylation sites is 1. The van der Waals surface area contributed by atoms with Gasteiger partial charge in [0.1, 0.15) is 5.58 Å². The Morgan fingerprint density at radius 2 is 1.70 bits per heavy atom. The predicted octanol–water partition coefficient (Wildman–Crippen LogP) is 4.25. The van der Waals surface area contributed by atoms with E-state index < -0.39 is 6.16 Å². The Kier molecular flexibility index (Phi) is 3.13. The van der Waals surface area contributed by atoms with E-state index >= 15 is 0 Å². The molecule has 0 aliphatic rings. The number of carbonyl (C=O) groups excluding carboxylic acids is 1. The lowest BCUT2D eigenvalue weighted by atomic mass is 10.0. The number of methoxy groups -OCH3 is 1. The van der Waals surface area contributed by atoms with Crippen molar-refractivity contribution in [1.29, 1.82) is 0 Å². The number of ether oxygens (including phenoxy) is 2. The molecule has 1 aromatic heterocycles. The van der Waals surface area contributed by atoms with Crippen molar-refractivity contribution in [3.8, 4) is 17.1 Å². The van der Waals surface area contributed by atoms with E-state index in [9.17, 15) is 4.79 Å². The molecule has 4 heteroatoms. The van der Waals surface area contributed by atoms with Crippen LogP contribution in [-0.2, 0) is 4.74 Å². The van der Waals surface area contributed by atoms with Crippen LogP contribution in [0.25, 0.3) is 22.1 Å². The Bertz CT molecular complexity index is 744. The van der Waals surface area contributed by atoms with Gasteiger partial charge < -0.3 is 13.9 Å². The van der Waals surface area contributed by atoms with Crippen molar-refractivity contribution in [3.05, 3.63) is 54.6 Å². The van der Waals surface area contributed by atoms with Crippen molar-refractivity contribution >= 4 is 17.1 Å². The van der Waals surface area contributed by atoms with E-state index in [1.54, 1.807) is 0 Å². The highest BCUT2D eigenvalue weighted by atomic mass is 16.7. The van der Waals surface area contributed by atoms with E-state index in [-0.39, 0.29) is 5.95 Å². The fourth-order valence-corrected chi connectivity index (χ4v) is 2.09. The van der Waals surface area contributed by atoms with Crippen LogP contribution in [-0.4, -0.2) is 13.3 Å². The molecule has 0 radical (unpaired) electrons. The molecule has 0 atom stereocenters. The molecule has 0 fully saturated rings. The zero-order chi connectivity index (χ0) is 13.9. The largest absolute Gasteiger partial charge is 0.516 e. The lowest BCUT2D eigenvalue weighted by molar-refractivity contribution is 0.112. The van der Waals surface area contributed by atoms with Gasteiger partial charge in [-0.15, -0.1) is 0 Å². The van der Waals surface area contributed by atoms with Crippen LogP contribution in [0.15, 0.2) is 59.0 Å². The molecule has 0 amide bonds. The van der Waals surface area contributed by atoms with Crippen LogP contribution in [0, 0.1) is 0 Å². The molecular formula is C16H12O4. The zero-order valence-electron chi connectivity index (χ0n) is 10.8. The van der Waals surface area contributed by atoms with Crippen molar-refractivity contribution < 1.29 is 18.7 Å². The molecule has 3 rings (SSSR count). The van der Waals surface area contributed by atoms with Gasteiger partial charge in [-0.1, -0.05) is 48.5 Å². The maximum atomic E-state index is 11.3. The smallest absolute Gasteiger partial charge is 0.437 e. The van der Waals surface area contributed by atoms with Crippen LogP contribution < -0.4 is 4.74 Å². The van der Waals surface area contributed by atoms with E-state index in [0.717, 1.165) is 16.5 Å². The molecule has 0 bridgehead atoms. The van der Waals surface area contributed by atoms with Gasteiger partial charge in [-0.3, -0.25) is 0 Å². The van der Waals surface area contributed by atoms with E-state index in [2.05, 4.69) is 4.74 Å². The number of fused-ring (bicyclic) bond motifs is 1. The average Bonchev–Trinajstić information content (AvgIpc) is 2.85. The molecule has 4 nitrogen and oxygen atoms in total. The van der Waals surface area contributed by atoms with E-state index in [0.29, 0.717) is 5.58 Å². The maximum absolute atomic E-state index is 11.3. The van der Waals surface area contributed by atoms with Gasteiger partial charge in [0.15, 0.2) is 0 Å². The van der Waals surface area contributed by atoms with E-state index in [1.807, 2.05) is 54.6 Å². The molecule has 0 saturated heterocycles. The highest BCUT2D eigenvalue weighted by molar-refractivity contribution is 5.97. The second-order valence-corrected chi connectivity index (χ2v) is 4.18. The highest BCUT2D eigenvalue weighted by Crippen LogP contribution is 2.39. The van der Waals surface area contributed by atoms with Crippen LogP contribution in [0.5, 0.6) is 5.95 Å². The lowest BCUT2D eigenvalue weighted by Crippen LogP contribution is -2.07. The third kappa shape index (κ3) is 2.12. The molecule has 1 heterocycles. The normalized spacial score (nSPS) is 10.4. The first-order valence-electron chi connectivity index (χ1n) is 6.12. The lowest BCUT2D eigenvalue weighted by Gasteiger charge is -2.03. The molecular weight excluding hydrogens is 256 g/mol. The number of benzene rings is 2.